The van der Waals surface area contributed by atoms with Gasteiger partial charge in [-0.2, -0.15) is 0 Å². The molecule has 2 N–H and O–H groups in total. The van der Waals surface area contributed by atoms with Crippen LogP contribution in [0.3, 0.4) is 0 Å². The quantitative estimate of drug-likeness (QED) is 0.843. The highest BCUT2D eigenvalue weighted by Crippen LogP contribution is 2.14. The third kappa shape index (κ3) is 4.44. The second kappa shape index (κ2) is 5.18. The van der Waals surface area contributed by atoms with Crippen molar-refractivity contribution in [1.29, 1.82) is 0 Å². The zero-order valence-corrected chi connectivity index (χ0v) is 10.5. The highest BCUT2D eigenvalue weighted by Gasteiger charge is 2.19. The summed E-state index contributed by atoms with van der Waals surface area (Å²) in [5.74, 6) is 0.359. The maximum atomic E-state index is 11.5. The average Bonchev–Trinajstić information content (AvgIpc) is 2.62. The van der Waals surface area contributed by atoms with Gasteiger partial charge >= 0.3 is 6.09 Å². The Morgan fingerprint density at radius 3 is 2.76 bits per heavy atom. The summed E-state index contributed by atoms with van der Waals surface area (Å²) in [6.45, 7) is 6.90. The van der Waals surface area contributed by atoms with Crippen molar-refractivity contribution in [3.8, 4) is 0 Å². The third-order valence-electron chi connectivity index (χ3n) is 1.91. The molecule has 1 aromatic rings. The summed E-state index contributed by atoms with van der Waals surface area (Å²) in [5.41, 5.74) is 0.00377. The molecule has 1 amide bonds. The molecule has 0 bridgehead atoms. The zero-order valence-electron chi connectivity index (χ0n) is 10.5. The first-order chi connectivity index (χ1) is 7.81. The molecule has 0 aliphatic heterocycles. The lowest BCUT2D eigenvalue weighted by Gasteiger charge is -2.21. The highest BCUT2D eigenvalue weighted by molar-refractivity contribution is 5.68. The van der Waals surface area contributed by atoms with Gasteiger partial charge in [0.05, 0.1) is 6.04 Å². The van der Waals surface area contributed by atoms with E-state index in [2.05, 4.69) is 10.5 Å². The van der Waals surface area contributed by atoms with E-state index in [-0.39, 0.29) is 12.6 Å². The number of carbonyl (C=O) groups excluding carboxylic acids is 1. The Morgan fingerprint density at radius 2 is 2.29 bits per heavy atom. The Balaban J connectivity index is 2.54. The summed E-state index contributed by atoms with van der Waals surface area (Å²) in [7, 11) is 0. The Labute approximate surface area is 99.9 Å². The topological polar surface area (TPSA) is 84.6 Å². The van der Waals surface area contributed by atoms with E-state index in [0.717, 1.165) is 0 Å². The number of aliphatic hydroxyl groups is 1. The number of carbonyl (C=O) groups is 1. The van der Waals surface area contributed by atoms with Gasteiger partial charge in [0.2, 0.25) is 0 Å². The van der Waals surface area contributed by atoms with Crippen LogP contribution in [0.15, 0.2) is 10.6 Å². The second-order valence-electron chi connectivity index (χ2n) is 4.74. The maximum absolute atomic E-state index is 11.5. The lowest BCUT2D eigenvalue weighted by Crippen LogP contribution is -2.34. The Bertz CT molecular complexity index is 381. The maximum Gasteiger partial charge on any atom is 0.408 e. The standard InChI is InChI=1S/C11H18N2O4/c1-7(9-5-8(6-14)17-13-9)12-10(15)16-11(2,3)4/h5,7,14H,6H2,1-4H3,(H,12,15)/t7-/m1/s1. The minimum absolute atomic E-state index is 0.216. The third-order valence-corrected chi connectivity index (χ3v) is 1.91. The first kappa shape index (κ1) is 13.5. The molecular weight excluding hydrogens is 224 g/mol. The molecule has 0 aliphatic rings. The number of aromatic nitrogens is 1. The predicted molar refractivity (Wildman–Crippen MR) is 60.2 cm³/mol. The smallest absolute Gasteiger partial charge is 0.408 e. The molecule has 1 atom stereocenters. The molecule has 1 rings (SSSR count). The van der Waals surface area contributed by atoms with Gasteiger partial charge in [-0.05, 0) is 27.7 Å². The molecule has 0 aliphatic carbocycles. The first-order valence-corrected chi connectivity index (χ1v) is 5.37. The van der Waals surface area contributed by atoms with Gasteiger partial charge in [0.15, 0.2) is 5.76 Å². The largest absolute Gasteiger partial charge is 0.444 e. The monoisotopic (exact) mass is 242 g/mol. The Kier molecular flexibility index (Phi) is 4.11. The van der Waals surface area contributed by atoms with Crippen LogP contribution >= 0.6 is 0 Å². The van der Waals surface area contributed by atoms with Crippen molar-refractivity contribution in [1.82, 2.24) is 10.5 Å². The average molecular weight is 242 g/mol. The van der Waals surface area contributed by atoms with Crippen molar-refractivity contribution in [3.63, 3.8) is 0 Å². The SMILES string of the molecule is C[C@@H](NC(=O)OC(C)(C)C)c1cc(CO)on1. The van der Waals surface area contributed by atoms with Crippen molar-refractivity contribution in [3.05, 3.63) is 17.5 Å². The molecule has 6 nitrogen and oxygen atoms in total. The van der Waals surface area contributed by atoms with E-state index in [4.69, 9.17) is 14.4 Å². The van der Waals surface area contributed by atoms with E-state index < -0.39 is 11.7 Å². The molecule has 0 radical (unpaired) electrons. The molecule has 17 heavy (non-hydrogen) atoms. The van der Waals surface area contributed by atoms with Crippen LogP contribution in [0.2, 0.25) is 0 Å². The Morgan fingerprint density at radius 1 is 1.65 bits per heavy atom. The summed E-state index contributed by atoms with van der Waals surface area (Å²) in [6.07, 6.45) is -0.515. The van der Waals surface area contributed by atoms with Crippen molar-refractivity contribution in [2.24, 2.45) is 0 Å². The van der Waals surface area contributed by atoms with Crippen LogP contribution in [0.25, 0.3) is 0 Å². The van der Waals surface area contributed by atoms with Gasteiger partial charge in [0.1, 0.15) is 17.9 Å². The van der Waals surface area contributed by atoms with Crippen molar-refractivity contribution < 1.29 is 19.2 Å². The van der Waals surface area contributed by atoms with Crippen LogP contribution < -0.4 is 5.32 Å². The number of hydrogen-bond acceptors (Lipinski definition) is 5. The molecule has 0 unspecified atom stereocenters. The van der Waals surface area contributed by atoms with Crippen LogP contribution in [0.1, 0.15) is 45.2 Å². The minimum Gasteiger partial charge on any atom is -0.444 e. The fourth-order valence-corrected chi connectivity index (χ4v) is 1.17. The number of nitrogens with zero attached hydrogens (tertiary/aromatic N) is 1. The van der Waals surface area contributed by atoms with Gasteiger partial charge in [-0.3, -0.25) is 0 Å². The van der Waals surface area contributed by atoms with Gasteiger partial charge in [0, 0.05) is 6.07 Å². The first-order valence-electron chi connectivity index (χ1n) is 5.37. The van der Waals surface area contributed by atoms with E-state index in [1.807, 2.05) is 0 Å². The van der Waals surface area contributed by atoms with E-state index in [0.29, 0.717) is 11.5 Å². The van der Waals surface area contributed by atoms with Crippen LogP contribution in [0.4, 0.5) is 4.79 Å². The molecule has 1 aromatic heterocycles. The van der Waals surface area contributed by atoms with Gasteiger partial charge in [-0.25, -0.2) is 4.79 Å². The van der Waals surface area contributed by atoms with Crippen LogP contribution in [-0.4, -0.2) is 22.0 Å². The Hall–Kier alpha value is -1.56. The zero-order chi connectivity index (χ0) is 13.1. The summed E-state index contributed by atoms with van der Waals surface area (Å²) in [6, 6.07) is 1.25. The molecule has 0 fully saturated rings. The highest BCUT2D eigenvalue weighted by atomic mass is 16.6. The number of rotatable bonds is 3. The summed E-state index contributed by atoms with van der Waals surface area (Å²) < 4.78 is 9.93. The van der Waals surface area contributed by atoms with Gasteiger partial charge < -0.3 is 19.7 Å². The van der Waals surface area contributed by atoms with E-state index in [9.17, 15) is 4.79 Å². The molecule has 0 spiro atoms. The lowest BCUT2D eigenvalue weighted by molar-refractivity contribution is 0.0506. The number of ether oxygens (including phenoxy) is 1. The fraction of sp³-hybridized carbons (Fsp3) is 0.636. The van der Waals surface area contributed by atoms with Crippen molar-refractivity contribution in [2.75, 3.05) is 0 Å². The van der Waals surface area contributed by atoms with Crippen LogP contribution in [0.5, 0.6) is 0 Å². The van der Waals surface area contributed by atoms with Crippen LogP contribution in [-0.2, 0) is 11.3 Å². The number of nitrogens with one attached hydrogen (secondary N) is 1. The lowest BCUT2D eigenvalue weighted by atomic mass is 10.2. The summed E-state index contributed by atoms with van der Waals surface area (Å²) >= 11 is 0. The number of aliphatic hydroxyl groups excluding tert-OH is 1. The molecule has 0 saturated carbocycles. The van der Waals surface area contributed by atoms with Crippen molar-refractivity contribution in [2.45, 2.75) is 45.9 Å². The van der Waals surface area contributed by atoms with Crippen molar-refractivity contribution >= 4 is 6.09 Å². The molecular formula is C11H18N2O4. The minimum atomic E-state index is -0.538. The van der Waals surface area contributed by atoms with Crippen LogP contribution in [0, 0.1) is 0 Å². The fourth-order valence-electron chi connectivity index (χ4n) is 1.17. The van der Waals surface area contributed by atoms with E-state index in [1.54, 1.807) is 33.8 Å². The molecule has 1 heterocycles. The number of alkyl carbamates (subject to hydrolysis) is 1. The van der Waals surface area contributed by atoms with E-state index in [1.165, 1.54) is 0 Å². The summed E-state index contributed by atoms with van der Waals surface area (Å²) in [5, 5.41) is 15.2. The van der Waals surface area contributed by atoms with Gasteiger partial charge in [-0.1, -0.05) is 5.16 Å². The molecule has 6 heteroatoms. The summed E-state index contributed by atoms with van der Waals surface area (Å²) in [4.78, 5) is 11.5. The number of amides is 1. The second-order valence-corrected chi connectivity index (χ2v) is 4.74. The number of hydrogen-bond donors (Lipinski definition) is 2. The van der Waals surface area contributed by atoms with E-state index >= 15 is 0 Å². The molecule has 96 valence electrons. The normalized spacial score (nSPS) is 13.2. The van der Waals surface area contributed by atoms with Gasteiger partial charge in [0.25, 0.3) is 0 Å². The molecule has 0 aromatic carbocycles. The molecule has 0 saturated heterocycles. The van der Waals surface area contributed by atoms with Gasteiger partial charge in [-0.15, -0.1) is 0 Å². The predicted octanol–water partition coefficient (Wildman–Crippen LogP) is 1.75.